The minimum atomic E-state index is 0.108. The molecule has 1 aliphatic heterocycles. The Morgan fingerprint density at radius 2 is 2.11 bits per heavy atom. The van der Waals surface area contributed by atoms with Gasteiger partial charge in [-0.25, -0.2) is 0 Å². The van der Waals surface area contributed by atoms with Crippen LogP contribution < -0.4 is 10.6 Å². The molecule has 0 amide bonds. The standard InChI is InChI=1S/C13H17BrClN3/c1-13(2,3)11-7-17-12(16)18(11)8-4-5-10(15)9(14)6-8/h4-6,11H,7H2,1-3H3,(H2,16,17). The highest BCUT2D eigenvalue weighted by Gasteiger charge is 2.36. The smallest absolute Gasteiger partial charge is 0.196 e. The van der Waals surface area contributed by atoms with E-state index in [1.807, 2.05) is 18.2 Å². The number of hydrogen-bond acceptors (Lipinski definition) is 3. The summed E-state index contributed by atoms with van der Waals surface area (Å²) in [6.45, 7) is 7.33. The number of anilines is 1. The minimum absolute atomic E-state index is 0.108. The monoisotopic (exact) mass is 329 g/mol. The molecule has 0 spiro atoms. The summed E-state index contributed by atoms with van der Waals surface area (Å²) in [5.41, 5.74) is 7.14. The second kappa shape index (κ2) is 4.74. The van der Waals surface area contributed by atoms with Crippen LogP contribution in [0.15, 0.2) is 27.7 Å². The summed E-state index contributed by atoms with van der Waals surface area (Å²) in [5, 5.41) is 0.695. The molecule has 2 rings (SSSR count). The average molecular weight is 331 g/mol. The Kier molecular flexibility index (Phi) is 3.60. The highest BCUT2D eigenvalue weighted by molar-refractivity contribution is 9.10. The summed E-state index contributed by atoms with van der Waals surface area (Å²) in [6.07, 6.45) is 0. The topological polar surface area (TPSA) is 41.6 Å². The number of guanidine groups is 1. The molecule has 3 nitrogen and oxygen atoms in total. The molecule has 1 atom stereocenters. The predicted octanol–water partition coefficient (Wildman–Crippen LogP) is 3.65. The summed E-state index contributed by atoms with van der Waals surface area (Å²) in [6, 6.07) is 6.09. The van der Waals surface area contributed by atoms with Crippen LogP contribution in [0.25, 0.3) is 0 Å². The lowest BCUT2D eigenvalue weighted by molar-refractivity contribution is 0.336. The van der Waals surface area contributed by atoms with Gasteiger partial charge in [0.25, 0.3) is 0 Å². The van der Waals surface area contributed by atoms with Gasteiger partial charge in [0.15, 0.2) is 5.96 Å². The van der Waals surface area contributed by atoms with E-state index in [0.717, 1.165) is 16.7 Å². The van der Waals surface area contributed by atoms with Gasteiger partial charge in [-0.1, -0.05) is 32.4 Å². The van der Waals surface area contributed by atoms with E-state index in [9.17, 15) is 0 Å². The largest absolute Gasteiger partial charge is 0.370 e. The van der Waals surface area contributed by atoms with Crippen molar-refractivity contribution >= 4 is 39.2 Å². The molecule has 1 aromatic carbocycles. The molecule has 1 heterocycles. The number of rotatable bonds is 1. The normalized spacial score (nSPS) is 20.2. The van der Waals surface area contributed by atoms with Gasteiger partial charge in [0.2, 0.25) is 0 Å². The minimum Gasteiger partial charge on any atom is -0.370 e. The Morgan fingerprint density at radius 1 is 1.44 bits per heavy atom. The Bertz CT molecular complexity index is 493. The summed E-state index contributed by atoms with van der Waals surface area (Å²) < 4.78 is 0.869. The number of nitrogens with two attached hydrogens (primary N) is 1. The van der Waals surface area contributed by atoms with Gasteiger partial charge >= 0.3 is 0 Å². The van der Waals surface area contributed by atoms with Gasteiger partial charge in [-0.2, -0.15) is 0 Å². The fraction of sp³-hybridized carbons (Fsp3) is 0.462. The quantitative estimate of drug-likeness (QED) is 0.854. The van der Waals surface area contributed by atoms with Crippen LogP contribution in [0.2, 0.25) is 5.02 Å². The van der Waals surface area contributed by atoms with Gasteiger partial charge in [0, 0.05) is 10.2 Å². The van der Waals surface area contributed by atoms with Crippen LogP contribution in [0.3, 0.4) is 0 Å². The molecule has 0 bridgehead atoms. The molecule has 1 aromatic rings. The van der Waals surface area contributed by atoms with E-state index < -0.39 is 0 Å². The van der Waals surface area contributed by atoms with Crippen molar-refractivity contribution in [2.45, 2.75) is 26.8 Å². The van der Waals surface area contributed by atoms with Crippen molar-refractivity contribution in [1.29, 1.82) is 0 Å². The first-order valence-corrected chi connectivity index (χ1v) is 7.02. The van der Waals surface area contributed by atoms with E-state index >= 15 is 0 Å². The number of nitrogens with zero attached hydrogens (tertiary/aromatic N) is 2. The number of benzene rings is 1. The lowest BCUT2D eigenvalue weighted by Crippen LogP contribution is -2.47. The maximum atomic E-state index is 6.02. The second-order valence-corrected chi connectivity index (χ2v) is 6.81. The molecule has 98 valence electrons. The second-order valence-electron chi connectivity index (χ2n) is 5.55. The Labute approximate surface area is 121 Å². The fourth-order valence-electron chi connectivity index (χ4n) is 2.11. The van der Waals surface area contributed by atoms with Crippen LogP contribution in [-0.2, 0) is 0 Å². The zero-order valence-electron chi connectivity index (χ0n) is 10.7. The molecule has 2 N–H and O–H groups in total. The molecule has 18 heavy (non-hydrogen) atoms. The summed E-state index contributed by atoms with van der Waals surface area (Å²) in [5.74, 6) is 0.573. The zero-order chi connectivity index (χ0) is 13.5. The molecule has 0 fully saturated rings. The third-order valence-corrected chi connectivity index (χ3v) is 4.38. The van der Waals surface area contributed by atoms with Crippen LogP contribution >= 0.6 is 27.5 Å². The Morgan fingerprint density at radius 3 is 2.67 bits per heavy atom. The van der Waals surface area contributed by atoms with E-state index in [4.69, 9.17) is 17.3 Å². The van der Waals surface area contributed by atoms with E-state index in [-0.39, 0.29) is 11.5 Å². The maximum absolute atomic E-state index is 6.02. The van der Waals surface area contributed by atoms with Crippen LogP contribution in [-0.4, -0.2) is 18.5 Å². The fourth-order valence-corrected chi connectivity index (χ4v) is 2.59. The van der Waals surface area contributed by atoms with Gasteiger partial charge in [0.05, 0.1) is 17.6 Å². The third-order valence-electron chi connectivity index (χ3n) is 3.17. The molecule has 0 aromatic heterocycles. The predicted molar refractivity (Wildman–Crippen MR) is 81.4 cm³/mol. The molecular weight excluding hydrogens is 314 g/mol. The molecular formula is C13H17BrClN3. The first-order valence-electron chi connectivity index (χ1n) is 5.85. The van der Waals surface area contributed by atoms with Gasteiger partial charge in [0.1, 0.15) is 0 Å². The zero-order valence-corrected chi connectivity index (χ0v) is 13.1. The number of hydrogen-bond donors (Lipinski definition) is 1. The Balaban J connectivity index is 2.40. The van der Waals surface area contributed by atoms with Crippen molar-refractivity contribution in [2.75, 3.05) is 11.4 Å². The van der Waals surface area contributed by atoms with Crippen LogP contribution in [0.4, 0.5) is 5.69 Å². The summed E-state index contributed by atoms with van der Waals surface area (Å²) >= 11 is 9.47. The molecule has 0 saturated carbocycles. The number of halogens is 2. The SMILES string of the molecule is CC(C)(C)C1CN=C(N)N1c1ccc(Cl)c(Br)c1. The van der Waals surface area contributed by atoms with Crippen molar-refractivity contribution in [3.05, 3.63) is 27.7 Å². The molecule has 1 unspecified atom stereocenters. The van der Waals surface area contributed by atoms with Gasteiger partial charge in [-0.05, 0) is 39.5 Å². The molecule has 1 aliphatic rings. The van der Waals surface area contributed by atoms with Gasteiger partial charge < -0.3 is 10.6 Å². The van der Waals surface area contributed by atoms with E-state index in [2.05, 4.69) is 46.6 Å². The Hall–Kier alpha value is -0.740. The van der Waals surface area contributed by atoms with Crippen molar-refractivity contribution in [2.24, 2.45) is 16.1 Å². The highest BCUT2D eigenvalue weighted by atomic mass is 79.9. The lowest BCUT2D eigenvalue weighted by Gasteiger charge is -2.35. The van der Waals surface area contributed by atoms with Crippen LogP contribution in [0, 0.1) is 5.41 Å². The number of aliphatic imine (C=N–C) groups is 1. The first-order chi connectivity index (χ1) is 8.30. The van der Waals surface area contributed by atoms with E-state index in [1.54, 1.807) is 0 Å². The van der Waals surface area contributed by atoms with Crippen molar-refractivity contribution in [3.8, 4) is 0 Å². The lowest BCUT2D eigenvalue weighted by atomic mass is 9.86. The van der Waals surface area contributed by atoms with Crippen molar-refractivity contribution in [1.82, 2.24) is 0 Å². The summed E-state index contributed by atoms with van der Waals surface area (Å²) in [7, 11) is 0. The van der Waals surface area contributed by atoms with Gasteiger partial charge in [-0.3, -0.25) is 4.99 Å². The molecule has 0 aliphatic carbocycles. The van der Waals surface area contributed by atoms with Crippen molar-refractivity contribution in [3.63, 3.8) is 0 Å². The van der Waals surface area contributed by atoms with E-state index in [0.29, 0.717) is 11.0 Å². The summed E-state index contributed by atoms with van der Waals surface area (Å²) in [4.78, 5) is 6.45. The first kappa shape index (κ1) is 13.7. The molecule has 5 heteroatoms. The van der Waals surface area contributed by atoms with Crippen LogP contribution in [0.1, 0.15) is 20.8 Å². The molecule has 0 saturated heterocycles. The van der Waals surface area contributed by atoms with E-state index in [1.165, 1.54) is 0 Å². The average Bonchev–Trinajstić information content (AvgIpc) is 2.64. The maximum Gasteiger partial charge on any atom is 0.196 e. The third kappa shape index (κ3) is 2.50. The van der Waals surface area contributed by atoms with Crippen molar-refractivity contribution < 1.29 is 0 Å². The van der Waals surface area contributed by atoms with Crippen LogP contribution in [0.5, 0.6) is 0 Å². The van der Waals surface area contributed by atoms with Gasteiger partial charge in [-0.15, -0.1) is 0 Å². The molecule has 0 radical (unpaired) electrons. The highest BCUT2D eigenvalue weighted by Crippen LogP contribution is 2.34.